The maximum atomic E-state index is 11.3. The average Bonchev–Trinajstić information content (AvgIpc) is 2.12. The highest BCUT2D eigenvalue weighted by Crippen LogP contribution is 2.27. The van der Waals surface area contributed by atoms with Crippen LogP contribution in [0.1, 0.15) is 13.8 Å². The molecule has 1 atom stereocenters. The van der Waals surface area contributed by atoms with Crippen molar-refractivity contribution in [2.24, 2.45) is 5.73 Å². The fourth-order valence-electron chi connectivity index (χ4n) is 0.764. The molecule has 0 aromatic heterocycles. The van der Waals surface area contributed by atoms with Crippen LogP contribution in [0.15, 0.2) is 0 Å². The van der Waals surface area contributed by atoms with Crippen LogP contribution >= 0.6 is 11.8 Å². The largest absolute Gasteiger partial charge is 0.480 e. The number of rotatable bonds is 5. The van der Waals surface area contributed by atoms with Crippen molar-refractivity contribution >= 4 is 23.6 Å². The average molecular weight is 234 g/mol. The molecule has 5 nitrogen and oxygen atoms in total. The number of nitrogens with two attached hydrogens (primary N) is 1. The zero-order valence-corrected chi connectivity index (χ0v) is 10.3. The van der Waals surface area contributed by atoms with E-state index in [0.29, 0.717) is 0 Å². The Balaban J connectivity index is 4.27. The molecule has 0 rings (SSSR count). The second kappa shape index (κ2) is 5.37. The molecule has 0 fully saturated rings. The summed E-state index contributed by atoms with van der Waals surface area (Å²) in [6.07, 6.45) is 0. The van der Waals surface area contributed by atoms with Crippen LogP contribution in [0.5, 0.6) is 0 Å². The van der Waals surface area contributed by atoms with E-state index in [4.69, 9.17) is 10.8 Å². The molecule has 0 unspecified atom stereocenters. The van der Waals surface area contributed by atoms with Gasteiger partial charge < -0.3 is 15.7 Å². The standard InChI is InChI=1S/C9H18N2O3S/c1-9(2,7(10)8(13)14)15-5-6(12)11(3)4/h7H,5,10H2,1-4H3,(H,13,14)/t7-/m1/s1. The highest BCUT2D eigenvalue weighted by atomic mass is 32.2. The van der Waals surface area contributed by atoms with Gasteiger partial charge in [0, 0.05) is 18.8 Å². The molecule has 0 aromatic rings. The molecular weight excluding hydrogens is 216 g/mol. The summed E-state index contributed by atoms with van der Waals surface area (Å²) in [5.41, 5.74) is 5.51. The third-order valence-electron chi connectivity index (χ3n) is 2.08. The predicted octanol–water partition coefficient (Wildman–Crippen LogP) is -0.00170. The van der Waals surface area contributed by atoms with E-state index in [-0.39, 0.29) is 11.7 Å². The Morgan fingerprint density at radius 3 is 2.27 bits per heavy atom. The maximum absolute atomic E-state index is 11.3. The van der Waals surface area contributed by atoms with Crippen molar-refractivity contribution in [1.29, 1.82) is 0 Å². The molecule has 6 heteroatoms. The molecular formula is C9H18N2O3S. The Morgan fingerprint density at radius 2 is 1.93 bits per heavy atom. The van der Waals surface area contributed by atoms with E-state index in [1.165, 1.54) is 16.7 Å². The van der Waals surface area contributed by atoms with Gasteiger partial charge in [0.2, 0.25) is 5.91 Å². The lowest BCUT2D eigenvalue weighted by molar-refractivity contribution is -0.139. The first-order valence-corrected chi connectivity index (χ1v) is 5.49. The van der Waals surface area contributed by atoms with E-state index < -0.39 is 16.8 Å². The predicted molar refractivity (Wildman–Crippen MR) is 60.8 cm³/mol. The molecule has 1 amide bonds. The zero-order chi connectivity index (χ0) is 12.2. The summed E-state index contributed by atoms with van der Waals surface area (Å²) in [7, 11) is 3.32. The molecule has 0 radical (unpaired) electrons. The highest BCUT2D eigenvalue weighted by Gasteiger charge is 2.33. The van der Waals surface area contributed by atoms with Crippen molar-refractivity contribution in [1.82, 2.24) is 4.90 Å². The van der Waals surface area contributed by atoms with Crippen LogP contribution in [-0.4, -0.2) is 52.5 Å². The van der Waals surface area contributed by atoms with Crippen LogP contribution in [0, 0.1) is 0 Å². The number of amides is 1. The van der Waals surface area contributed by atoms with E-state index >= 15 is 0 Å². The van der Waals surface area contributed by atoms with Crippen LogP contribution in [0.2, 0.25) is 0 Å². The minimum Gasteiger partial charge on any atom is -0.480 e. The van der Waals surface area contributed by atoms with E-state index in [1.54, 1.807) is 27.9 Å². The van der Waals surface area contributed by atoms with Gasteiger partial charge in [-0.1, -0.05) is 0 Å². The van der Waals surface area contributed by atoms with Gasteiger partial charge in [-0.05, 0) is 13.8 Å². The number of hydrogen-bond acceptors (Lipinski definition) is 4. The molecule has 0 aromatic carbocycles. The van der Waals surface area contributed by atoms with Crippen molar-refractivity contribution in [3.63, 3.8) is 0 Å². The van der Waals surface area contributed by atoms with E-state index in [2.05, 4.69) is 0 Å². The van der Waals surface area contributed by atoms with Gasteiger partial charge in [0.05, 0.1) is 5.75 Å². The van der Waals surface area contributed by atoms with Crippen LogP contribution in [0.4, 0.5) is 0 Å². The second-order valence-electron chi connectivity index (χ2n) is 4.00. The number of carboxylic acid groups (broad SMARTS) is 1. The summed E-state index contributed by atoms with van der Waals surface area (Å²) in [6, 6.07) is -0.975. The topological polar surface area (TPSA) is 83.6 Å². The van der Waals surface area contributed by atoms with Crippen molar-refractivity contribution in [3.8, 4) is 0 Å². The Hall–Kier alpha value is -0.750. The molecule has 0 saturated carbocycles. The van der Waals surface area contributed by atoms with Gasteiger partial charge in [0.1, 0.15) is 6.04 Å². The number of carbonyl (C=O) groups is 2. The first kappa shape index (κ1) is 14.2. The normalized spacial score (nSPS) is 13.4. The van der Waals surface area contributed by atoms with Crippen LogP contribution in [-0.2, 0) is 9.59 Å². The van der Waals surface area contributed by atoms with Crippen molar-refractivity contribution in [2.75, 3.05) is 19.8 Å². The molecule has 3 N–H and O–H groups in total. The Morgan fingerprint density at radius 1 is 1.47 bits per heavy atom. The molecule has 0 spiro atoms. The summed E-state index contributed by atoms with van der Waals surface area (Å²) in [4.78, 5) is 23.5. The van der Waals surface area contributed by atoms with Crippen LogP contribution in [0.25, 0.3) is 0 Å². The lowest BCUT2D eigenvalue weighted by Gasteiger charge is -2.28. The fraction of sp³-hybridized carbons (Fsp3) is 0.778. The SMILES string of the molecule is CN(C)C(=O)CSC(C)(C)[C@H](N)C(=O)O. The molecule has 0 saturated heterocycles. The van der Waals surface area contributed by atoms with Crippen molar-refractivity contribution in [2.45, 2.75) is 24.6 Å². The van der Waals surface area contributed by atoms with Gasteiger partial charge in [0.25, 0.3) is 0 Å². The molecule has 0 heterocycles. The Labute approximate surface area is 94.0 Å². The van der Waals surface area contributed by atoms with Crippen molar-refractivity contribution < 1.29 is 14.7 Å². The summed E-state index contributed by atoms with van der Waals surface area (Å²) in [5, 5.41) is 8.76. The number of aliphatic carboxylic acids is 1. The van der Waals surface area contributed by atoms with Gasteiger partial charge in [-0.2, -0.15) is 0 Å². The number of carbonyl (C=O) groups excluding carboxylic acids is 1. The maximum Gasteiger partial charge on any atom is 0.321 e. The number of nitrogens with zero attached hydrogens (tertiary/aromatic N) is 1. The van der Waals surface area contributed by atoms with Gasteiger partial charge in [-0.25, -0.2) is 0 Å². The van der Waals surface area contributed by atoms with E-state index in [0.717, 1.165) is 0 Å². The molecule has 0 bridgehead atoms. The fourth-order valence-corrected chi connectivity index (χ4v) is 1.80. The Bertz CT molecular complexity index is 254. The smallest absolute Gasteiger partial charge is 0.321 e. The van der Waals surface area contributed by atoms with E-state index in [9.17, 15) is 9.59 Å². The van der Waals surface area contributed by atoms with Gasteiger partial charge in [0.15, 0.2) is 0 Å². The third kappa shape index (κ3) is 4.53. The summed E-state index contributed by atoms with van der Waals surface area (Å²) in [6.45, 7) is 3.44. The first-order chi connectivity index (χ1) is 6.68. The van der Waals surface area contributed by atoms with Gasteiger partial charge >= 0.3 is 5.97 Å². The van der Waals surface area contributed by atoms with Crippen LogP contribution in [0.3, 0.4) is 0 Å². The van der Waals surface area contributed by atoms with Gasteiger partial charge in [-0.3, -0.25) is 9.59 Å². The minimum absolute atomic E-state index is 0.0503. The first-order valence-electron chi connectivity index (χ1n) is 4.51. The summed E-state index contributed by atoms with van der Waals surface area (Å²) in [5.74, 6) is -0.864. The quantitative estimate of drug-likeness (QED) is 0.699. The summed E-state index contributed by atoms with van der Waals surface area (Å²) >= 11 is 1.25. The number of thioether (sulfide) groups is 1. The Kier molecular flexibility index (Phi) is 5.10. The number of hydrogen-bond donors (Lipinski definition) is 2. The molecule has 0 aliphatic heterocycles. The molecule has 15 heavy (non-hydrogen) atoms. The van der Waals surface area contributed by atoms with E-state index in [1.807, 2.05) is 0 Å². The number of carboxylic acids is 1. The lowest BCUT2D eigenvalue weighted by atomic mass is 10.1. The minimum atomic E-state index is -1.05. The van der Waals surface area contributed by atoms with Gasteiger partial charge in [-0.15, -0.1) is 11.8 Å². The molecule has 88 valence electrons. The van der Waals surface area contributed by atoms with Crippen LogP contribution < -0.4 is 5.73 Å². The second-order valence-corrected chi connectivity index (χ2v) is 5.63. The monoisotopic (exact) mass is 234 g/mol. The lowest BCUT2D eigenvalue weighted by Crippen LogP contribution is -2.47. The highest BCUT2D eigenvalue weighted by molar-refractivity contribution is 8.01. The zero-order valence-electron chi connectivity index (χ0n) is 9.48. The molecule has 0 aliphatic carbocycles. The third-order valence-corrected chi connectivity index (χ3v) is 3.47. The summed E-state index contributed by atoms with van der Waals surface area (Å²) < 4.78 is -0.655. The van der Waals surface area contributed by atoms with Crippen molar-refractivity contribution in [3.05, 3.63) is 0 Å². The molecule has 0 aliphatic rings.